The maximum Gasteiger partial charge on any atom is 0.418 e. The number of anilines is 1. The molecule has 0 fully saturated rings. The predicted molar refractivity (Wildman–Crippen MR) is 90.7 cm³/mol. The van der Waals surface area contributed by atoms with E-state index < -0.39 is 23.8 Å². The van der Waals surface area contributed by atoms with Crippen LogP contribution in [0.1, 0.15) is 37.8 Å². The summed E-state index contributed by atoms with van der Waals surface area (Å²) >= 11 is 0. The largest absolute Gasteiger partial charge is 0.481 e. The number of hydrogen-bond acceptors (Lipinski definition) is 2. The van der Waals surface area contributed by atoms with E-state index in [1.807, 2.05) is 26.0 Å². The van der Waals surface area contributed by atoms with Gasteiger partial charge in [-0.3, -0.25) is 4.79 Å². The van der Waals surface area contributed by atoms with Crippen molar-refractivity contribution in [2.75, 3.05) is 5.32 Å². The fourth-order valence-electron chi connectivity index (χ4n) is 2.38. The molecule has 2 rings (SSSR count). The second-order valence-electron chi connectivity index (χ2n) is 5.99. The summed E-state index contributed by atoms with van der Waals surface area (Å²) in [5.41, 5.74) is -0.247. The topological polar surface area (TPSA) is 38.3 Å². The first-order chi connectivity index (χ1) is 11.7. The average Bonchev–Trinajstić information content (AvgIpc) is 2.54. The van der Waals surface area contributed by atoms with Crippen LogP contribution in [0.5, 0.6) is 5.75 Å². The van der Waals surface area contributed by atoms with Crippen molar-refractivity contribution < 1.29 is 22.7 Å². The van der Waals surface area contributed by atoms with Gasteiger partial charge < -0.3 is 10.1 Å². The molecule has 25 heavy (non-hydrogen) atoms. The Bertz CT molecular complexity index is 741. The van der Waals surface area contributed by atoms with Crippen molar-refractivity contribution in [2.24, 2.45) is 0 Å². The number of benzene rings is 2. The molecular formula is C19H20F3NO2. The molecule has 3 nitrogen and oxygen atoms in total. The van der Waals surface area contributed by atoms with Crippen LogP contribution >= 0.6 is 0 Å². The number of halogens is 3. The van der Waals surface area contributed by atoms with Crippen LogP contribution in [0.25, 0.3) is 0 Å². The molecule has 6 heteroatoms. The molecule has 0 bridgehead atoms. The summed E-state index contributed by atoms with van der Waals surface area (Å²) in [6.45, 7) is 5.49. The third kappa shape index (κ3) is 4.75. The van der Waals surface area contributed by atoms with E-state index >= 15 is 0 Å². The van der Waals surface area contributed by atoms with E-state index in [-0.39, 0.29) is 11.6 Å². The lowest BCUT2D eigenvalue weighted by molar-refractivity contribution is -0.137. The third-order valence-corrected chi connectivity index (χ3v) is 3.70. The summed E-state index contributed by atoms with van der Waals surface area (Å²) in [4.78, 5) is 12.3. The lowest BCUT2D eigenvalue weighted by Crippen LogP contribution is -2.31. The Hall–Kier alpha value is -2.50. The van der Waals surface area contributed by atoms with Gasteiger partial charge >= 0.3 is 6.18 Å². The van der Waals surface area contributed by atoms with Gasteiger partial charge in [-0.2, -0.15) is 13.2 Å². The number of alkyl halides is 3. The molecule has 1 amide bonds. The molecule has 1 N–H and O–H groups in total. The molecule has 0 saturated carbocycles. The smallest absolute Gasteiger partial charge is 0.418 e. The van der Waals surface area contributed by atoms with E-state index in [2.05, 4.69) is 5.32 Å². The SMILES string of the molecule is CC(Oc1ccccc1C(C)C)C(=O)Nc1ccccc1C(F)(F)F. The second-order valence-corrected chi connectivity index (χ2v) is 5.99. The van der Waals surface area contributed by atoms with Crippen LogP contribution in [0, 0.1) is 0 Å². The molecule has 0 aliphatic rings. The highest BCUT2D eigenvalue weighted by Gasteiger charge is 2.34. The lowest BCUT2D eigenvalue weighted by Gasteiger charge is -2.20. The van der Waals surface area contributed by atoms with Crippen molar-refractivity contribution in [3.8, 4) is 5.75 Å². The van der Waals surface area contributed by atoms with Crippen LogP contribution < -0.4 is 10.1 Å². The van der Waals surface area contributed by atoms with Gasteiger partial charge in [0.25, 0.3) is 5.91 Å². The fraction of sp³-hybridized carbons (Fsp3) is 0.316. The normalized spacial score (nSPS) is 12.8. The van der Waals surface area contributed by atoms with Crippen LogP contribution in [0.2, 0.25) is 0 Å². The Labute approximate surface area is 144 Å². The maximum atomic E-state index is 13.0. The Balaban J connectivity index is 2.15. The first kappa shape index (κ1) is 18.8. The van der Waals surface area contributed by atoms with Crippen molar-refractivity contribution in [1.29, 1.82) is 0 Å². The Kier molecular flexibility index (Phi) is 5.72. The first-order valence-corrected chi connectivity index (χ1v) is 7.92. The van der Waals surface area contributed by atoms with Crippen LogP contribution in [0.15, 0.2) is 48.5 Å². The number of carbonyl (C=O) groups is 1. The maximum absolute atomic E-state index is 13.0. The van der Waals surface area contributed by atoms with Crippen LogP contribution in [0.4, 0.5) is 18.9 Å². The quantitative estimate of drug-likeness (QED) is 0.800. The summed E-state index contributed by atoms with van der Waals surface area (Å²) in [6, 6.07) is 12.1. The standard InChI is InChI=1S/C19H20F3NO2/c1-12(2)14-8-4-7-11-17(14)25-13(3)18(24)23-16-10-6-5-9-15(16)19(20,21)22/h4-13H,1-3H3,(H,23,24). The predicted octanol–water partition coefficient (Wildman–Crippen LogP) is 5.23. The van der Waals surface area contributed by atoms with Crippen molar-refractivity contribution >= 4 is 11.6 Å². The molecule has 0 aliphatic heterocycles. The number of carbonyl (C=O) groups excluding carboxylic acids is 1. The summed E-state index contributed by atoms with van der Waals surface area (Å²) in [7, 11) is 0. The molecule has 0 spiro atoms. The van der Waals surface area contributed by atoms with Crippen LogP contribution in [0.3, 0.4) is 0 Å². The minimum Gasteiger partial charge on any atom is -0.481 e. The zero-order chi connectivity index (χ0) is 18.6. The van der Waals surface area contributed by atoms with Gasteiger partial charge in [-0.25, -0.2) is 0 Å². The number of hydrogen-bond donors (Lipinski definition) is 1. The molecule has 0 saturated heterocycles. The number of rotatable bonds is 5. The van der Waals surface area contributed by atoms with Gasteiger partial charge in [0.2, 0.25) is 0 Å². The average molecular weight is 351 g/mol. The van der Waals surface area contributed by atoms with E-state index in [9.17, 15) is 18.0 Å². The van der Waals surface area contributed by atoms with Gasteiger partial charge in [-0.15, -0.1) is 0 Å². The van der Waals surface area contributed by atoms with Crippen molar-refractivity contribution in [1.82, 2.24) is 0 Å². The van der Waals surface area contributed by atoms with Gasteiger partial charge in [0.15, 0.2) is 6.10 Å². The second kappa shape index (κ2) is 7.59. The van der Waals surface area contributed by atoms with E-state index in [0.29, 0.717) is 5.75 Å². The molecule has 2 aromatic carbocycles. The fourth-order valence-corrected chi connectivity index (χ4v) is 2.38. The van der Waals surface area contributed by atoms with Crippen LogP contribution in [-0.4, -0.2) is 12.0 Å². The minimum atomic E-state index is -4.54. The van der Waals surface area contributed by atoms with Gasteiger partial charge in [-0.05, 0) is 36.6 Å². The van der Waals surface area contributed by atoms with Gasteiger partial charge in [0.1, 0.15) is 5.75 Å². The molecule has 134 valence electrons. The monoisotopic (exact) mass is 351 g/mol. The Morgan fingerprint density at radius 2 is 1.60 bits per heavy atom. The van der Waals surface area contributed by atoms with Gasteiger partial charge in [0, 0.05) is 0 Å². The summed E-state index contributed by atoms with van der Waals surface area (Å²) in [6.07, 6.45) is -5.49. The number of nitrogens with one attached hydrogen (secondary N) is 1. The molecule has 2 aromatic rings. The van der Waals surface area contributed by atoms with E-state index in [1.54, 1.807) is 12.1 Å². The van der Waals surface area contributed by atoms with Gasteiger partial charge in [-0.1, -0.05) is 44.2 Å². The van der Waals surface area contributed by atoms with Gasteiger partial charge in [0.05, 0.1) is 11.3 Å². The third-order valence-electron chi connectivity index (χ3n) is 3.70. The molecule has 1 unspecified atom stereocenters. The summed E-state index contributed by atoms with van der Waals surface area (Å²) < 4.78 is 44.7. The molecule has 0 heterocycles. The highest BCUT2D eigenvalue weighted by Crippen LogP contribution is 2.34. The van der Waals surface area contributed by atoms with E-state index in [1.165, 1.54) is 25.1 Å². The Morgan fingerprint density at radius 1 is 1.00 bits per heavy atom. The minimum absolute atomic E-state index is 0.192. The number of amides is 1. The van der Waals surface area contributed by atoms with Crippen molar-refractivity contribution in [2.45, 2.75) is 39.0 Å². The molecule has 0 aliphatic carbocycles. The molecular weight excluding hydrogens is 331 g/mol. The zero-order valence-corrected chi connectivity index (χ0v) is 14.2. The number of para-hydroxylation sites is 2. The molecule has 0 aromatic heterocycles. The van der Waals surface area contributed by atoms with Crippen LogP contribution in [-0.2, 0) is 11.0 Å². The highest BCUT2D eigenvalue weighted by molar-refractivity contribution is 5.94. The van der Waals surface area contributed by atoms with E-state index in [4.69, 9.17) is 4.74 Å². The molecule has 0 radical (unpaired) electrons. The lowest BCUT2D eigenvalue weighted by atomic mass is 10.0. The molecule has 1 atom stereocenters. The first-order valence-electron chi connectivity index (χ1n) is 7.92. The zero-order valence-electron chi connectivity index (χ0n) is 14.2. The highest BCUT2D eigenvalue weighted by atomic mass is 19.4. The number of ether oxygens (including phenoxy) is 1. The van der Waals surface area contributed by atoms with E-state index in [0.717, 1.165) is 11.6 Å². The van der Waals surface area contributed by atoms with Crippen molar-refractivity contribution in [3.05, 3.63) is 59.7 Å². The summed E-state index contributed by atoms with van der Waals surface area (Å²) in [5.74, 6) is 0.0944. The summed E-state index contributed by atoms with van der Waals surface area (Å²) in [5, 5.41) is 2.30. The van der Waals surface area contributed by atoms with Crippen molar-refractivity contribution in [3.63, 3.8) is 0 Å². The Morgan fingerprint density at radius 3 is 2.24 bits per heavy atom.